The highest BCUT2D eigenvalue weighted by Gasteiger charge is 2.07. The summed E-state index contributed by atoms with van der Waals surface area (Å²) in [7, 11) is 3.80. The Labute approximate surface area is 100 Å². The minimum Gasteiger partial charge on any atom is -0.496 e. The molecule has 0 heterocycles. The van der Waals surface area contributed by atoms with Crippen LogP contribution in [0.4, 0.5) is 0 Å². The van der Waals surface area contributed by atoms with Crippen molar-refractivity contribution in [1.82, 2.24) is 4.90 Å². The molecule has 3 heteroatoms. The van der Waals surface area contributed by atoms with E-state index >= 15 is 0 Å². The van der Waals surface area contributed by atoms with E-state index in [-0.39, 0.29) is 0 Å². The van der Waals surface area contributed by atoms with Crippen LogP contribution in [0.3, 0.4) is 0 Å². The van der Waals surface area contributed by atoms with Crippen LogP contribution in [0.15, 0.2) is 12.1 Å². The van der Waals surface area contributed by atoms with E-state index in [1.807, 2.05) is 0 Å². The van der Waals surface area contributed by atoms with Crippen molar-refractivity contribution in [2.75, 3.05) is 19.6 Å². The highest BCUT2D eigenvalue weighted by atomic mass is 79.9. The molecule has 0 aliphatic carbocycles. The fourth-order valence-electron chi connectivity index (χ4n) is 1.50. The van der Waals surface area contributed by atoms with Crippen molar-refractivity contribution in [3.05, 3.63) is 28.8 Å². The van der Waals surface area contributed by atoms with E-state index in [0.717, 1.165) is 17.7 Å². The number of hydrogen-bond donors (Lipinski definition) is 0. The van der Waals surface area contributed by atoms with Gasteiger partial charge in [0.25, 0.3) is 0 Å². The summed E-state index contributed by atoms with van der Waals surface area (Å²) in [5.41, 5.74) is 4.69. The standard InChI is InChI=1S/C12H18BrNO/c1-9-5-11(7-14(3)8-13)12(15-4)6-10(9)2/h5-6H,7-8H2,1-4H3. The molecule has 84 valence electrons. The molecule has 0 aromatic heterocycles. The van der Waals surface area contributed by atoms with E-state index < -0.39 is 0 Å². The summed E-state index contributed by atoms with van der Waals surface area (Å²) in [6.45, 7) is 5.14. The molecule has 0 radical (unpaired) electrons. The third-order valence-electron chi connectivity index (χ3n) is 2.54. The molecule has 0 N–H and O–H groups in total. The van der Waals surface area contributed by atoms with E-state index in [4.69, 9.17) is 4.74 Å². The lowest BCUT2D eigenvalue weighted by Crippen LogP contribution is -2.15. The lowest BCUT2D eigenvalue weighted by atomic mass is 10.0. The average Bonchev–Trinajstić information content (AvgIpc) is 2.22. The largest absolute Gasteiger partial charge is 0.496 e. The Balaban J connectivity index is 2.99. The van der Waals surface area contributed by atoms with Crippen LogP contribution < -0.4 is 4.74 Å². The topological polar surface area (TPSA) is 12.5 Å². The number of ether oxygens (including phenoxy) is 1. The number of hydrogen-bond acceptors (Lipinski definition) is 2. The maximum Gasteiger partial charge on any atom is 0.123 e. The van der Waals surface area contributed by atoms with Crippen molar-refractivity contribution in [1.29, 1.82) is 0 Å². The summed E-state index contributed by atoms with van der Waals surface area (Å²) in [6, 6.07) is 4.31. The van der Waals surface area contributed by atoms with Crippen LogP contribution in [-0.4, -0.2) is 24.5 Å². The van der Waals surface area contributed by atoms with E-state index in [1.54, 1.807) is 7.11 Å². The predicted molar refractivity (Wildman–Crippen MR) is 67.7 cm³/mol. The van der Waals surface area contributed by atoms with Gasteiger partial charge in [-0.2, -0.15) is 0 Å². The molecule has 0 atom stereocenters. The summed E-state index contributed by atoms with van der Waals surface area (Å²) in [6.07, 6.45) is 0. The van der Waals surface area contributed by atoms with Crippen LogP contribution in [0.5, 0.6) is 5.75 Å². The molecule has 1 aromatic carbocycles. The Bertz CT molecular complexity index is 339. The van der Waals surface area contributed by atoms with Gasteiger partial charge in [0.1, 0.15) is 5.75 Å². The number of benzene rings is 1. The molecular formula is C12H18BrNO. The summed E-state index contributed by atoms with van der Waals surface area (Å²) >= 11 is 3.44. The highest BCUT2D eigenvalue weighted by molar-refractivity contribution is 9.09. The van der Waals surface area contributed by atoms with Gasteiger partial charge in [0.15, 0.2) is 0 Å². The van der Waals surface area contributed by atoms with Crippen molar-refractivity contribution in [3.8, 4) is 5.75 Å². The molecule has 0 aliphatic rings. The second-order valence-corrected chi connectivity index (χ2v) is 4.38. The molecule has 0 amide bonds. The van der Waals surface area contributed by atoms with Gasteiger partial charge < -0.3 is 4.74 Å². The van der Waals surface area contributed by atoms with Crippen molar-refractivity contribution in [2.45, 2.75) is 20.4 Å². The van der Waals surface area contributed by atoms with Crippen LogP contribution in [0.2, 0.25) is 0 Å². The van der Waals surface area contributed by atoms with Crippen LogP contribution in [0, 0.1) is 13.8 Å². The number of aryl methyl sites for hydroxylation is 2. The normalized spacial score (nSPS) is 10.8. The monoisotopic (exact) mass is 271 g/mol. The molecule has 0 aliphatic heterocycles. The number of rotatable bonds is 4. The first-order valence-corrected chi connectivity index (χ1v) is 6.09. The number of methoxy groups -OCH3 is 1. The van der Waals surface area contributed by atoms with Crippen molar-refractivity contribution < 1.29 is 4.74 Å². The Morgan fingerprint density at radius 2 is 1.87 bits per heavy atom. The quantitative estimate of drug-likeness (QED) is 0.617. The molecule has 0 bridgehead atoms. The number of halogens is 1. The van der Waals surface area contributed by atoms with Gasteiger partial charge in [-0.25, -0.2) is 0 Å². The smallest absolute Gasteiger partial charge is 0.123 e. The van der Waals surface area contributed by atoms with Crippen molar-refractivity contribution in [3.63, 3.8) is 0 Å². The second kappa shape index (κ2) is 5.52. The molecule has 15 heavy (non-hydrogen) atoms. The first kappa shape index (κ1) is 12.5. The highest BCUT2D eigenvalue weighted by Crippen LogP contribution is 2.24. The SMILES string of the molecule is COc1cc(C)c(C)cc1CN(C)CBr. The fourth-order valence-corrected chi connectivity index (χ4v) is 1.67. The third-order valence-corrected chi connectivity index (χ3v) is 3.40. The molecule has 0 fully saturated rings. The molecular weight excluding hydrogens is 254 g/mol. The molecule has 0 unspecified atom stereocenters. The lowest BCUT2D eigenvalue weighted by Gasteiger charge is -2.17. The maximum atomic E-state index is 5.38. The van der Waals surface area contributed by atoms with Gasteiger partial charge in [0, 0.05) is 12.1 Å². The third kappa shape index (κ3) is 3.21. The lowest BCUT2D eigenvalue weighted by molar-refractivity contribution is 0.364. The van der Waals surface area contributed by atoms with Crippen LogP contribution >= 0.6 is 15.9 Å². The van der Waals surface area contributed by atoms with Gasteiger partial charge >= 0.3 is 0 Å². The Morgan fingerprint density at radius 1 is 1.27 bits per heavy atom. The Morgan fingerprint density at radius 3 is 2.40 bits per heavy atom. The van der Waals surface area contributed by atoms with Crippen molar-refractivity contribution >= 4 is 15.9 Å². The molecule has 0 spiro atoms. The second-order valence-electron chi connectivity index (χ2n) is 3.88. The predicted octanol–water partition coefficient (Wildman–Crippen LogP) is 3.10. The minimum absolute atomic E-state index is 0.864. The zero-order chi connectivity index (χ0) is 11.4. The van der Waals surface area contributed by atoms with Crippen molar-refractivity contribution in [2.24, 2.45) is 0 Å². The van der Waals surface area contributed by atoms with E-state index in [9.17, 15) is 0 Å². The summed E-state index contributed by atoms with van der Waals surface area (Å²) in [5.74, 6) is 0.978. The van der Waals surface area contributed by atoms with Crippen LogP contribution in [0.1, 0.15) is 16.7 Å². The van der Waals surface area contributed by atoms with Gasteiger partial charge in [-0.1, -0.05) is 22.0 Å². The zero-order valence-electron chi connectivity index (χ0n) is 9.80. The number of alkyl halides is 1. The first-order chi connectivity index (χ1) is 7.08. The molecule has 2 nitrogen and oxygen atoms in total. The Hall–Kier alpha value is -0.540. The number of nitrogens with zero attached hydrogens (tertiary/aromatic N) is 1. The molecule has 1 aromatic rings. The van der Waals surface area contributed by atoms with E-state index in [1.165, 1.54) is 16.7 Å². The first-order valence-electron chi connectivity index (χ1n) is 4.97. The van der Waals surface area contributed by atoms with E-state index in [2.05, 4.69) is 53.9 Å². The van der Waals surface area contributed by atoms with Gasteiger partial charge in [0.05, 0.1) is 12.6 Å². The summed E-state index contributed by atoms with van der Waals surface area (Å²) < 4.78 is 5.38. The molecule has 0 saturated carbocycles. The Kier molecular flexibility index (Phi) is 4.61. The molecule has 1 rings (SSSR count). The average molecular weight is 272 g/mol. The summed E-state index contributed by atoms with van der Waals surface area (Å²) in [4.78, 5) is 2.19. The fraction of sp³-hybridized carbons (Fsp3) is 0.500. The zero-order valence-corrected chi connectivity index (χ0v) is 11.4. The van der Waals surface area contributed by atoms with Crippen LogP contribution in [0.25, 0.3) is 0 Å². The maximum absolute atomic E-state index is 5.38. The van der Waals surface area contributed by atoms with Gasteiger partial charge in [0.2, 0.25) is 0 Å². The minimum atomic E-state index is 0.864. The van der Waals surface area contributed by atoms with Gasteiger partial charge in [-0.05, 0) is 38.1 Å². The van der Waals surface area contributed by atoms with E-state index in [0.29, 0.717) is 0 Å². The van der Waals surface area contributed by atoms with Gasteiger partial charge in [-0.15, -0.1) is 0 Å². The summed E-state index contributed by atoms with van der Waals surface area (Å²) in [5, 5.41) is 0. The van der Waals surface area contributed by atoms with Gasteiger partial charge in [-0.3, -0.25) is 4.90 Å². The van der Waals surface area contributed by atoms with Crippen LogP contribution in [-0.2, 0) is 6.54 Å². The molecule has 0 saturated heterocycles.